The van der Waals surface area contributed by atoms with Gasteiger partial charge in [0.1, 0.15) is 0 Å². The molecule has 1 aliphatic heterocycles. The van der Waals surface area contributed by atoms with Crippen molar-refractivity contribution in [2.24, 2.45) is 5.41 Å². The molecular weight excluding hydrogens is 222 g/mol. The molecule has 3 nitrogen and oxygen atoms in total. The molecule has 18 heavy (non-hydrogen) atoms. The van der Waals surface area contributed by atoms with Crippen LogP contribution in [0.5, 0.6) is 0 Å². The molecule has 0 aromatic carbocycles. The summed E-state index contributed by atoms with van der Waals surface area (Å²) in [5, 5.41) is 3.57. The van der Waals surface area contributed by atoms with Crippen LogP contribution in [0.3, 0.4) is 0 Å². The van der Waals surface area contributed by atoms with Gasteiger partial charge in [-0.3, -0.25) is 0 Å². The first-order valence-corrected chi connectivity index (χ1v) is 7.42. The van der Waals surface area contributed by atoms with Gasteiger partial charge in [-0.05, 0) is 45.4 Å². The lowest BCUT2D eigenvalue weighted by Crippen LogP contribution is -2.47. The van der Waals surface area contributed by atoms with E-state index in [-0.39, 0.29) is 0 Å². The highest BCUT2D eigenvalue weighted by atomic mass is 15.2. The molecule has 1 fully saturated rings. The van der Waals surface area contributed by atoms with E-state index in [4.69, 9.17) is 0 Å². The molecule has 0 aromatic rings. The van der Waals surface area contributed by atoms with Gasteiger partial charge >= 0.3 is 0 Å². The highest BCUT2D eigenvalue weighted by molar-refractivity contribution is 4.82. The average molecular weight is 255 g/mol. The predicted octanol–water partition coefficient (Wildman–Crippen LogP) is 2.04. The fourth-order valence-corrected chi connectivity index (χ4v) is 2.78. The zero-order chi connectivity index (χ0) is 13.8. The number of nitrogens with one attached hydrogen (secondary N) is 1. The van der Waals surface area contributed by atoms with Gasteiger partial charge in [0, 0.05) is 25.2 Å². The van der Waals surface area contributed by atoms with Crippen molar-refractivity contribution in [3.63, 3.8) is 0 Å². The lowest BCUT2D eigenvalue weighted by atomic mass is 9.91. The second kappa shape index (κ2) is 6.88. The third-order valence-corrected chi connectivity index (χ3v) is 3.98. The first kappa shape index (κ1) is 15.9. The van der Waals surface area contributed by atoms with Crippen LogP contribution in [0.2, 0.25) is 0 Å². The molecule has 0 bridgehead atoms. The summed E-state index contributed by atoms with van der Waals surface area (Å²) in [5.74, 6) is 0. The summed E-state index contributed by atoms with van der Waals surface area (Å²) in [6.45, 7) is 14.0. The number of rotatable bonds is 6. The Bertz CT molecular complexity index is 230. The number of hydrogen-bond donors (Lipinski definition) is 1. The Morgan fingerprint density at radius 1 is 1.28 bits per heavy atom. The smallest absolute Gasteiger partial charge is 0.0117 e. The van der Waals surface area contributed by atoms with E-state index in [1.165, 1.54) is 32.5 Å². The maximum absolute atomic E-state index is 3.57. The molecule has 0 atom stereocenters. The van der Waals surface area contributed by atoms with Crippen LogP contribution in [0.4, 0.5) is 0 Å². The lowest BCUT2D eigenvalue weighted by molar-refractivity contribution is 0.105. The lowest BCUT2D eigenvalue weighted by Gasteiger charge is -2.39. The Balaban J connectivity index is 2.35. The number of likely N-dealkylation sites (tertiary alicyclic amines) is 1. The molecule has 3 heteroatoms. The quantitative estimate of drug-likeness (QED) is 0.783. The van der Waals surface area contributed by atoms with Crippen LogP contribution >= 0.6 is 0 Å². The van der Waals surface area contributed by atoms with Gasteiger partial charge < -0.3 is 15.1 Å². The Morgan fingerprint density at radius 2 is 1.83 bits per heavy atom. The van der Waals surface area contributed by atoms with E-state index in [0.29, 0.717) is 11.5 Å². The Kier molecular flexibility index (Phi) is 6.09. The van der Waals surface area contributed by atoms with Crippen LogP contribution in [0, 0.1) is 5.41 Å². The molecular formula is C15H33N3. The van der Waals surface area contributed by atoms with Crippen molar-refractivity contribution in [2.45, 2.75) is 52.6 Å². The second-order valence-corrected chi connectivity index (χ2v) is 7.15. The largest absolute Gasteiger partial charge is 0.314 e. The molecule has 1 N–H and O–H groups in total. The summed E-state index contributed by atoms with van der Waals surface area (Å²) in [4.78, 5) is 5.02. The van der Waals surface area contributed by atoms with Crippen molar-refractivity contribution in [3.05, 3.63) is 0 Å². The van der Waals surface area contributed by atoms with E-state index in [0.717, 1.165) is 12.6 Å². The van der Waals surface area contributed by atoms with Gasteiger partial charge in [0.2, 0.25) is 0 Å². The first-order chi connectivity index (χ1) is 8.30. The molecule has 0 unspecified atom stereocenters. The van der Waals surface area contributed by atoms with Crippen molar-refractivity contribution in [1.29, 1.82) is 0 Å². The SMILES string of the molecule is CC(C)NCC(C)(C)CN(C)C1CCN(C)CC1. The zero-order valence-electron chi connectivity index (χ0n) is 13.3. The van der Waals surface area contributed by atoms with E-state index in [2.05, 4.69) is 56.9 Å². The highest BCUT2D eigenvalue weighted by Crippen LogP contribution is 2.21. The summed E-state index contributed by atoms with van der Waals surface area (Å²) in [6.07, 6.45) is 2.64. The van der Waals surface area contributed by atoms with Crippen LogP contribution in [0.25, 0.3) is 0 Å². The standard InChI is InChI=1S/C15H33N3/c1-13(2)16-11-15(3,4)12-18(6)14-7-9-17(5)10-8-14/h13-14,16H,7-12H2,1-6H3. The summed E-state index contributed by atoms with van der Waals surface area (Å²) in [5.41, 5.74) is 0.350. The van der Waals surface area contributed by atoms with Crippen molar-refractivity contribution in [3.8, 4) is 0 Å². The minimum Gasteiger partial charge on any atom is -0.314 e. The monoisotopic (exact) mass is 255 g/mol. The first-order valence-electron chi connectivity index (χ1n) is 7.42. The van der Waals surface area contributed by atoms with Gasteiger partial charge in [0.25, 0.3) is 0 Å². The summed E-state index contributed by atoms with van der Waals surface area (Å²) < 4.78 is 0. The minimum atomic E-state index is 0.350. The molecule has 0 radical (unpaired) electrons. The van der Waals surface area contributed by atoms with Crippen LogP contribution in [0.1, 0.15) is 40.5 Å². The van der Waals surface area contributed by atoms with Crippen LogP contribution in [0.15, 0.2) is 0 Å². The number of hydrogen-bond acceptors (Lipinski definition) is 3. The third kappa shape index (κ3) is 5.68. The maximum atomic E-state index is 3.57. The topological polar surface area (TPSA) is 18.5 Å². The third-order valence-electron chi connectivity index (χ3n) is 3.98. The van der Waals surface area contributed by atoms with Gasteiger partial charge in [0.05, 0.1) is 0 Å². The van der Waals surface area contributed by atoms with Gasteiger partial charge in [-0.15, -0.1) is 0 Å². The Hall–Kier alpha value is -0.120. The molecule has 0 aromatic heterocycles. The summed E-state index contributed by atoms with van der Waals surface area (Å²) >= 11 is 0. The van der Waals surface area contributed by atoms with Crippen molar-refractivity contribution < 1.29 is 0 Å². The average Bonchev–Trinajstić information content (AvgIpc) is 2.27. The Labute approximate surface area is 114 Å². The number of piperidine rings is 1. The van der Waals surface area contributed by atoms with E-state index < -0.39 is 0 Å². The van der Waals surface area contributed by atoms with Gasteiger partial charge in [0.15, 0.2) is 0 Å². The van der Waals surface area contributed by atoms with E-state index in [9.17, 15) is 0 Å². The molecule has 0 amide bonds. The van der Waals surface area contributed by atoms with Gasteiger partial charge in [-0.1, -0.05) is 27.7 Å². The molecule has 0 spiro atoms. The summed E-state index contributed by atoms with van der Waals surface area (Å²) in [7, 11) is 4.53. The van der Waals surface area contributed by atoms with Crippen molar-refractivity contribution in [2.75, 3.05) is 40.3 Å². The molecule has 0 aliphatic carbocycles. The van der Waals surface area contributed by atoms with Crippen LogP contribution in [-0.2, 0) is 0 Å². The van der Waals surface area contributed by atoms with Crippen LogP contribution < -0.4 is 5.32 Å². The van der Waals surface area contributed by atoms with Gasteiger partial charge in [-0.25, -0.2) is 0 Å². The predicted molar refractivity (Wildman–Crippen MR) is 80.1 cm³/mol. The minimum absolute atomic E-state index is 0.350. The van der Waals surface area contributed by atoms with Crippen molar-refractivity contribution in [1.82, 2.24) is 15.1 Å². The van der Waals surface area contributed by atoms with Crippen LogP contribution in [-0.4, -0.2) is 62.2 Å². The second-order valence-electron chi connectivity index (χ2n) is 7.15. The Morgan fingerprint density at radius 3 is 2.33 bits per heavy atom. The molecule has 108 valence electrons. The highest BCUT2D eigenvalue weighted by Gasteiger charge is 2.26. The molecule has 1 heterocycles. The molecule has 1 saturated heterocycles. The molecule has 1 rings (SSSR count). The molecule has 0 saturated carbocycles. The van der Waals surface area contributed by atoms with E-state index in [1.54, 1.807) is 0 Å². The molecule has 1 aliphatic rings. The fraction of sp³-hybridized carbons (Fsp3) is 1.00. The van der Waals surface area contributed by atoms with Gasteiger partial charge in [-0.2, -0.15) is 0 Å². The summed E-state index contributed by atoms with van der Waals surface area (Å²) in [6, 6.07) is 1.36. The van der Waals surface area contributed by atoms with E-state index in [1.807, 2.05) is 0 Å². The maximum Gasteiger partial charge on any atom is 0.0117 e. The zero-order valence-corrected chi connectivity index (χ0v) is 13.3. The van der Waals surface area contributed by atoms with E-state index >= 15 is 0 Å². The number of nitrogens with zero attached hydrogens (tertiary/aromatic N) is 2. The normalized spacial score (nSPS) is 20.0. The fourth-order valence-electron chi connectivity index (χ4n) is 2.78. The van der Waals surface area contributed by atoms with Crippen molar-refractivity contribution >= 4 is 0 Å².